The van der Waals surface area contributed by atoms with Crippen molar-refractivity contribution in [2.45, 2.75) is 44.9 Å². The first-order valence-electron chi connectivity index (χ1n) is 13.3. The number of hydrogen-bond acceptors (Lipinski definition) is 6. The molecular weight excluding hydrogens is 486 g/mol. The Labute approximate surface area is 223 Å². The summed E-state index contributed by atoms with van der Waals surface area (Å²) in [5.74, 6) is 0.729. The standard InChI is InChI=1S/C29H35N3O6/c1-19-6-7-22-15-26(19)38-23-5-3-4-20(14-23)18-37-25-8-11-32(29(35)21-9-12-36-13-10-21)16-24(25)30-27(33)17-31(2)28(22)34/h3-7,14-15,21,24-25H,8-13,16-18H2,1-2H3,(H,30,33)/t24-,25+/m0/s1. The van der Waals surface area contributed by atoms with E-state index in [4.69, 9.17) is 14.2 Å². The summed E-state index contributed by atoms with van der Waals surface area (Å²) in [6.45, 7) is 4.30. The van der Waals surface area contributed by atoms with Gasteiger partial charge in [-0.05, 0) is 61.6 Å². The number of carbonyl (C=O) groups is 3. The van der Waals surface area contributed by atoms with Gasteiger partial charge in [-0.2, -0.15) is 0 Å². The number of amides is 3. The second-order valence-corrected chi connectivity index (χ2v) is 10.4. The zero-order valence-electron chi connectivity index (χ0n) is 22.0. The molecule has 0 saturated carbocycles. The van der Waals surface area contributed by atoms with Crippen LogP contribution in [0.25, 0.3) is 0 Å². The van der Waals surface area contributed by atoms with E-state index < -0.39 is 0 Å². The molecule has 3 heterocycles. The van der Waals surface area contributed by atoms with Gasteiger partial charge in [-0.25, -0.2) is 0 Å². The SMILES string of the molecule is Cc1ccc2cc1Oc1cccc(c1)CO[C@@H]1CCN(C(=O)C3CCOCC3)C[C@@H]1NC(=O)CN(C)C2=O. The van der Waals surface area contributed by atoms with Gasteiger partial charge in [0.25, 0.3) is 5.91 Å². The summed E-state index contributed by atoms with van der Waals surface area (Å²) in [6, 6.07) is 12.6. The van der Waals surface area contributed by atoms with Crippen LogP contribution < -0.4 is 10.1 Å². The molecular formula is C29H35N3O6. The molecule has 0 aromatic heterocycles. The molecule has 0 aliphatic carbocycles. The van der Waals surface area contributed by atoms with Crippen molar-refractivity contribution in [1.82, 2.24) is 15.1 Å². The normalized spacial score (nSPS) is 23.3. The van der Waals surface area contributed by atoms with Crippen LogP contribution in [0.2, 0.25) is 0 Å². The Morgan fingerprint density at radius 2 is 1.87 bits per heavy atom. The topological polar surface area (TPSA) is 97.4 Å². The van der Waals surface area contributed by atoms with Crippen molar-refractivity contribution in [3.63, 3.8) is 0 Å². The molecule has 2 aromatic carbocycles. The summed E-state index contributed by atoms with van der Waals surface area (Å²) >= 11 is 0. The summed E-state index contributed by atoms with van der Waals surface area (Å²) in [7, 11) is 1.60. The minimum Gasteiger partial charge on any atom is -0.457 e. The van der Waals surface area contributed by atoms with Crippen LogP contribution in [0.15, 0.2) is 42.5 Å². The van der Waals surface area contributed by atoms with E-state index in [9.17, 15) is 14.4 Å². The highest BCUT2D eigenvalue weighted by Crippen LogP contribution is 2.28. The maximum atomic E-state index is 13.2. The lowest BCUT2D eigenvalue weighted by molar-refractivity contribution is -0.143. The van der Waals surface area contributed by atoms with Gasteiger partial charge in [-0.1, -0.05) is 18.2 Å². The number of ether oxygens (including phenoxy) is 3. The van der Waals surface area contributed by atoms with Crippen molar-refractivity contribution in [2.24, 2.45) is 5.92 Å². The Bertz CT molecular complexity index is 1190. The molecule has 0 radical (unpaired) electrons. The fourth-order valence-electron chi connectivity index (χ4n) is 5.30. The fraction of sp³-hybridized carbons (Fsp3) is 0.483. The molecule has 4 bridgehead atoms. The van der Waals surface area contributed by atoms with Crippen LogP contribution in [-0.4, -0.2) is 79.6 Å². The van der Waals surface area contributed by atoms with Crippen LogP contribution in [0.3, 0.4) is 0 Å². The molecule has 2 fully saturated rings. The summed E-state index contributed by atoms with van der Waals surface area (Å²) in [5, 5.41) is 3.06. The molecule has 3 aliphatic heterocycles. The minimum absolute atomic E-state index is 0.0472. The Morgan fingerprint density at radius 3 is 2.68 bits per heavy atom. The number of aryl methyl sites for hydroxylation is 1. The summed E-state index contributed by atoms with van der Waals surface area (Å²) in [5.41, 5.74) is 2.27. The lowest BCUT2D eigenvalue weighted by atomic mass is 9.95. The number of rotatable bonds is 1. The van der Waals surface area contributed by atoms with E-state index in [-0.39, 0.29) is 42.3 Å². The molecule has 0 spiro atoms. The summed E-state index contributed by atoms with van der Waals surface area (Å²) in [6.07, 6.45) is 1.77. The Balaban J connectivity index is 1.39. The number of nitrogens with zero attached hydrogens (tertiary/aromatic N) is 2. The predicted octanol–water partition coefficient (Wildman–Crippen LogP) is 2.90. The van der Waals surface area contributed by atoms with E-state index in [1.165, 1.54) is 4.90 Å². The molecule has 2 atom stereocenters. The van der Waals surface area contributed by atoms with Crippen molar-refractivity contribution < 1.29 is 28.6 Å². The van der Waals surface area contributed by atoms with Crippen LogP contribution >= 0.6 is 0 Å². The lowest BCUT2D eigenvalue weighted by Crippen LogP contribution is -2.59. The number of fused-ring (bicyclic) bond motifs is 5. The zero-order valence-corrected chi connectivity index (χ0v) is 22.0. The van der Waals surface area contributed by atoms with Crippen LogP contribution in [-0.2, 0) is 25.7 Å². The van der Waals surface area contributed by atoms with Crippen molar-refractivity contribution in [3.05, 3.63) is 59.2 Å². The molecule has 1 N–H and O–H groups in total. The van der Waals surface area contributed by atoms with Gasteiger partial charge >= 0.3 is 0 Å². The van der Waals surface area contributed by atoms with Crippen molar-refractivity contribution >= 4 is 17.7 Å². The lowest BCUT2D eigenvalue weighted by Gasteiger charge is -2.40. The third-order valence-electron chi connectivity index (χ3n) is 7.53. The van der Waals surface area contributed by atoms with Gasteiger partial charge in [0.15, 0.2) is 0 Å². The maximum absolute atomic E-state index is 13.2. The number of carbonyl (C=O) groups excluding carboxylic acids is 3. The Morgan fingerprint density at radius 1 is 1.05 bits per heavy atom. The average molecular weight is 522 g/mol. The fourth-order valence-corrected chi connectivity index (χ4v) is 5.30. The van der Waals surface area contributed by atoms with Crippen molar-refractivity contribution in [1.29, 1.82) is 0 Å². The van der Waals surface area contributed by atoms with E-state index in [1.807, 2.05) is 42.2 Å². The number of hydrogen-bond donors (Lipinski definition) is 1. The first-order valence-corrected chi connectivity index (χ1v) is 13.3. The van der Waals surface area contributed by atoms with Crippen LogP contribution in [0.5, 0.6) is 11.5 Å². The zero-order chi connectivity index (χ0) is 26.6. The molecule has 0 unspecified atom stereocenters. The predicted molar refractivity (Wildman–Crippen MR) is 140 cm³/mol. The number of nitrogens with one attached hydrogen (secondary N) is 1. The van der Waals surface area contributed by atoms with E-state index in [1.54, 1.807) is 19.2 Å². The molecule has 5 rings (SSSR count). The summed E-state index contributed by atoms with van der Waals surface area (Å²) < 4.78 is 17.9. The molecule has 9 heteroatoms. The van der Waals surface area contributed by atoms with Crippen LogP contribution in [0.1, 0.15) is 40.7 Å². The number of likely N-dealkylation sites (N-methyl/N-ethyl adjacent to an activating group) is 1. The third-order valence-corrected chi connectivity index (χ3v) is 7.53. The van der Waals surface area contributed by atoms with Crippen LogP contribution in [0.4, 0.5) is 0 Å². The van der Waals surface area contributed by atoms with Gasteiger partial charge in [0.2, 0.25) is 11.8 Å². The van der Waals surface area contributed by atoms with E-state index >= 15 is 0 Å². The Hall–Kier alpha value is -3.43. The van der Waals surface area contributed by atoms with Gasteiger partial charge in [0.05, 0.1) is 25.3 Å². The van der Waals surface area contributed by atoms with Crippen molar-refractivity contribution in [2.75, 3.05) is 39.9 Å². The molecule has 9 nitrogen and oxygen atoms in total. The third kappa shape index (κ3) is 6.00. The van der Waals surface area contributed by atoms with Gasteiger partial charge in [-0.15, -0.1) is 0 Å². The monoisotopic (exact) mass is 521 g/mol. The van der Waals surface area contributed by atoms with E-state index in [0.29, 0.717) is 56.4 Å². The summed E-state index contributed by atoms with van der Waals surface area (Å²) in [4.78, 5) is 42.7. The minimum atomic E-state index is -0.387. The number of likely N-dealkylation sites (tertiary alicyclic amines) is 1. The first-order chi connectivity index (χ1) is 18.4. The van der Waals surface area contributed by atoms with E-state index in [0.717, 1.165) is 24.0 Å². The van der Waals surface area contributed by atoms with Gasteiger partial charge in [0.1, 0.15) is 11.5 Å². The molecule has 202 valence electrons. The van der Waals surface area contributed by atoms with Crippen molar-refractivity contribution in [3.8, 4) is 11.5 Å². The van der Waals surface area contributed by atoms with Gasteiger partial charge < -0.3 is 29.3 Å². The maximum Gasteiger partial charge on any atom is 0.254 e. The molecule has 3 amide bonds. The molecule has 2 aromatic rings. The second kappa shape index (κ2) is 11.5. The van der Waals surface area contributed by atoms with Gasteiger partial charge in [0, 0.05) is 44.8 Å². The highest BCUT2D eigenvalue weighted by molar-refractivity contribution is 5.96. The molecule has 38 heavy (non-hydrogen) atoms. The largest absolute Gasteiger partial charge is 0.457 e. The van der Waals surface area contributed by atoms with Gasteiger partial charge in [-0.3, -0.25) is 14.4 Å². The molecule has 2 saturated heterocycles. The number of piperidine rings is 1. The molecule has 3 aliphatic rings. The second-order valence-electron chi connectivity index (χ2n) is 10.4. The average Bonchev–Trinajstić information content (AvgIpc) is 2.93. The highest BCUT2D eigenvalue weighted by atomic mass is 16.5. The first kappa shape index (κ1) is 26.2. The van der Waals surface area contributed by atoms with Crippen LogP contribution in [0, 0.1) is 12.8 Å². The quantitative estimate of drug-likeness (QED) is 0.620. The smallest absolute Gasteiger partial charge is 0.254 e. The highest BCUT2D eigenvalue weighted by Gasteiger charge is 2.36. The Kier molecular flexibility index (Phi) is 7.95. The van der Waals surface area contributed by atoms with E-state index in [2.05, 4.69) is 5.32 Å². The number of benzene rings is 2.